The highest BCUT2D eigenvalue weighted by Crippen LogP contribution is 2.33. The number of nitrogens with one attached hydrogen (secondary N) is 1. The summed E-state index contributed by atoms with van der Waals surface area (Å²) in [7, 11) is 0. The lowest BCUT2D eigenvalue weighted by Crippen LogP contribution is -2.66. The molecule has 17 atom stereocenters. The first-order valence-electron chi connectivity index (χ1n) is 40.8. The first-order valence-corrected chi connectivity index (χ1v) is 40.8. The van der Waals surface area contributed by atoms with Crippen molar-refractivity contribution in [2.75, 3.05) is 26.4 Å². The van der Waals surface area contributed by atoms with E-state index in [9.17, 15) is 61.0 Å². The third kappa shape index (κ3) is 40.6. The second kappa shape index (κ2) is 60.1. The van der Waals surface area contributed by atoms with Gasteiger partial charge in [-0.15, -0.1) is 0 Å². The molecule has 3 heterocycles. The molecule has 0 aliphatic carbocycles. The number of unbranched alkanes of at least 4 members (excludes halogenated alkanes) is 50. The number of hydrogen-bond donors (Lipinski definition) is 12. The Balaban J connectivity index is 1.26. The van der Waals surface area contributed by atoms with Gasteiger partial charge in [0.15, 0.2) is 18.9 Å². The number of ether oxygens (including phenoxy) is 6. The van der Waals surface area contributed by atoms with Gasteiger partial charge in [-0.25, -0.2) is 0 Å². The molecule has 576 valence electrons. The van der Waals surface area contributed by atoms with Crippen LogP contribution in [-0.4, -0.2) is 193 Å². The standard InChI is InChI=1S/C78H151NO18/c1-3-5-7-9-11-13-15-17-18-19-20-21-22-23-24-25-26-27-28-29-30-31-32-33-34-35-36-37-38-39-40-41-42-44-46-48-50-52-54-56-66(84)79-61(62(83)55-53-51-49-47-45-43-16-14-12-10-8-6-4-2)60-92-76-72(90)69(87)74(64(58-81)94-76)97-78-73(91)70(88)75(65(59-82)95-78)96-77-71(89)68(86)67(85)63(57-80)93-77/h61-65,67-78,80-83,85-91H,3-60H2,1-2H3,(H,79,84). The zero-order valence-corrected chi connectivity index (χ0v) is 61.6. The zero-order valence-electron chi connectivity index (χ0n) is 61.6. The van der Waals surface area contributed by atoms with Gasteiger partial charge < -0.3 is 89.9 Å². The number of carbonyl (C=O) groups excluding carboxylic acids is 1. The van der Waals surface area contributed by atoms with Crippen LogP contribution in [0, 0.1) is 0 Å². The fourth-order valence-electron chi connectivity index (χ4n) is 14.4. The zero-order chi connectivity index (χ0) is 70.4. The Kier molecular flexibility index (Phi) is 55.8. The normalized spacial score (nSPS) is 26.8. The molecule has 3 aliphatic rings. The van der Waals surface area contributed by atoms with Crippen LogP contribution in [0.2, 0.25) is 0 Å². The minimum atomic E-state index is -1.97. The third-order valence-electron chi connectivity index (χ3n) is 20.9. The predicted octanol–water partition coefficient (Wildman–Crippen LogP) is 13.4. The van der Waals surface area contributed by atoms with E-state index in [0.717, 1.165) is 44.9 Å². The first-order chi connectivity index (χ1) is 47.3. The Morgan fingerprint density at radius 3 is 0.897 bits per heavy atom. The van der Waals surface area contributed by atoms with Crippen molar-refractivity contribution < 1.29 is 89.4 Å². The van der Waals surface area contributed by atoms with Crippen molar-refractivity contribution >= 4 is 5.91 Å². The maximum Gasteiger partial charge on any atom is 0.220 e. The molecular formula is C78H151NO18. The van der Waals surface area contributed by atoms with Crippen molar-refractivity contribution in [3.8, 4) is 0 Å². The molecule has 0 spiro atoms. The largest absolute Gasteiger partial charge is 0.394 e. The van der Waals surface area contributed by atoms with Crippen molar-refractivity contribution in [3.63, 3.8) is 0 Å². The number of amides is 1. The summed E-state index contributed by atoms with van der Waals surface area (Å²) in [5.41, 5.74) is 0. The molecular weight excluding hydrogens is 1240 g/mol. The van der Waals surface area contributed by atoms with Gasteiger partial charge in [0.25, 0.3) is 0 Å². The Hall–Kier alpha value is -1.21. The van der Waals surface area contributed by atoms with Gasteiger partial charge in [0.05, 0.1) is 38.6 Å². The third-order valence-corrected chi connectivity index (χ3v) is 20.9. The molecule has 0 bridgehead atoms. The summed E-state index contributed by atoms with van der Waals surface area (Å²) in [5, 5.41) is 121. The molecule has 1 amide bonds. The van der Waals surface area contributed by atoms with E-state index in [-0.39, 0.29) is 18.9 Å². The number of carbonyl (C=O) groups is 1. The van der Waals surface area contributed by atoms with E-state index in [2.05, 4.69) is 19.2 Å². The Labute approximate surface area is 589 Å². The molecule has 19 heteroatoms. The van der Waals surface area contributed by atoms with E-state index in [1.165, 1.54) is 283 Å². The molecule has 0 aromatic rings. The minimum absolute atomic E-state index is 0.235. The van der Waals surface area contributed by atoms with Crippen LogP contribution in [0.25, 0.3) is 0 Å². The van der Waals surface area contributed by atoms with Crippen LogP contribution in [0.3, 0.4) is 0 Å². The van der Waals surface area contributed by atoms with Gasteiger partial charge in [0.1, 0.15) is 73.2 Å². The van der Waals surface area contributed by atoms with Gasteiger partial charge >= 0.3 is 0 Å². The summed E-state index contributed by atoms with van der Waals surface area (Å²) in [6, 6.07) is -0.882. The predicted molar refractivity (Wildman–Crippen MR) is 384 cm³/mol. The summed E-state index contributed by atoms with van der Waals surface area (Å²) < 4.78 is 34.5. The van der Waals surface area contributed by atoms with Gasteiger partial charge in [-0.05, 0) is 12.8 Å². The molecule has 0 saturated carbocycles. The number of rotatable bonds is 66. The number of aliphatic hydroxyl groups is 11. The summed E-state index contributed by atoms with van der Waals surface area (Å²) >= 11 is 0. The van der Waals surface area contributed by atoms with E-state index in [0.29, 0.717) is 12.8 Å². The molecule has 12 N–H and O–H groups in total. The van der Waals surface area contributed by atoms with Gasteiger partial charge in [-0.2, -0.15) is 0 Å². The highest BCUT2D eigenvalue weighted by Gasteiger charge is 2.54. The SMILES string of the molecule is CCCCCCCCCCCCCCCCCCCCCCCCCCCCCCCCCCCCCCCCCC(=O)NC(COC1OC(CO)C(OC2OC(CO)C(OC3OC(CO)C(O)C(O)C3O)C(O)C2O)C(O)C1O)C(O)CCCCCCCCCCCCCCC. The van der Waals surface area contributed by atoms with E-state index >= 15 is 0 Å². The molecule has 97 heavy (non-hydrogen) atoms. The molecule has 17 unspecified atom stereocenters. The molecule has 0 radical (unpaired) electrons. The topological polar surface area (TPSA) is 307 Å². The van der Waals surface area contributed by atoms with E-state index < -0.39 is 124 Å². The molecule has 3 aliphatic heterocycles. The van der Waals surface area contributed by atoms with Crippen LogP contribution in [0.15, 0.2) is 0 Å². The van der Waals surface area contributed by atoms with Crippen molar-refractivity contribution in [2.45, 2.75) is 465 Å². The van der Waals surface area contributed by atoms with E-state index in [1.807, 2.05) is 0 Å². The van der Waals surface area contributed by atoms with Crippen molar-refractivity contribution in [1.29, 1.82) is 0 Å². The fourth-order valence-corrected chi connectivity index (χ4v) is 14.4. The quantitative estimate of drug-likeness (QED) is 0.0252. The number of aliphatic hydroxyl groups excluding tert-OH is 11. The van der Waals surface area contributed by atoms with Gasteiger partial charge in [0.2, 0.25) is 5.91 Å². The van der Waals surface area contributed by atoms with Crippen molar-refractivity contribution in [3.05, 3.63) is 0 Å². The maximum absolute atomic E-state index is 13.4. The summed E-state index contributed by atoms with van der Waals surface area (Å²) in [6.07, 6.45) is 42.4. The summed E-state index contributed by atoms with van der Waals surface area (Å²) in [6.45, 7) is 1.84. The van der Waals surface area contributed by atoms with Crippen LogP contribution in [0.5, 0.6) is 0 Å². The van der Waals surface area contributed by atoms with Crippen molar-refractivity contribution in [2.24, 2.45) is 0 Å². The Bertz CT molecular complexity index is 1760. The lowest BCUT2D eigenvalue weighted by molar-refractivity contribution is -0.379. The average Bonchev–Trinajstić information content (AvgIpc) is 0.809. The second-order valence-corrected chi connectivity index (χ2v) is 29.6. The van der Waals surface area contributed by atoms with Crippen LogP contribution in [0.1, 0.15) is 361 Å². The lowest BCUT2D eigenvalue weighted by Gasteiger charge is -2.48. The molecule has 3 saturated heterocycles. The smallest absolute Gasteiger partial charge is 0.220 e. The molecule has 0 aromatic carbocycles. The van der Waals surface area contributed by atoms with E-state index in [4.69, 9.17) is 28.4 Å². The van der Waals surface area contributed by atoms with Crippen LogP contribution in [0.4, 0.5) is 0 Å². The van der Waals surface area contributed by atoms with Crippen molar-refractivity contribution in [1.82, 2.24) is 5.32 Å². The lowest BCUT2D eigenvalue weighted by atomic mass is 9.96. The Morgan fingerprint density at radius 2 is 0.588 bits per heavy atom. The first kappa shape index (κ1) is 90.0. The highest BCUT2D eigenvalue weighted by atomic mass is 16.8. The van der Waals surface area contributed by atoms with Gasteiger partial charge in [-0.1, -0.05) is 341 Å². The summed E-state index contributed by atoms with van der Waals surface area (Å²) in [5.74, 6) is -0.235. The van der Waals surface area contributed by atoms with Gasteiger partial charge in [0, 0.05) is 6.42 Å². The van der Waals surface area contributed by atoms with Crippen LogP contribution in [-0.2, 0) is 33.2 Å². The average molecular weight is 1390 g/mol. The molecule has 3 rings (SSSR count). The maximum atomic E-state index is 13.4. The second-order valence-electron chi connectivity index (χ2n) is 29.6. The minimum Gasteiger partial charge on any atom is -0.394 e. The monoisotopic (exact) mass is 1390 g/mol. The number of hydrogen-bond acceptors (Lipinski definition) is 18. The van der Waals surface area contributed by atoms with Gasteiger partial charge in [-0.3, -0.25) is 4.79 Å². The summed E-state index contributed by atoms with van der Waals surface area (Å²) in [4.78, 5) is 13.4. The van der Waals surface area contributed by atoms with E-state index in [1.54, 1.807) is 0 Å². The molecule has 3 fully saturated rings. The highest BCUT2D eigenvalue weighted by molar-refractivity contribution is 5.76. The molecule has 0 aromatic heterocycles. The molecule has 19 nitrogen and oxygen atoms in total. The van der Waals surface area contributed by atoms with Crippen LogP contribution < -0.4 is 5.32 Å². The Morgan fingerprint density at radius 1 is 0.330 bits per heavy atom. The fraction of sp³-hybridized carbons (Fsp3) is 0.987. The van der Waals surface area contributed by atoms with Crippen LogP contribution >= 0.6 is 0 Å².